The van der Waals surface area contributed by atoms with E-state index >= 15 is 0 Å². The Balaban J connectivity index is 1.67. The maximum Gasteiger partial charge on any atom is 0.349 e. The summed E-state index contributed by atoms with van der Waals surface area (Å²) in [4.78, 5) is 38.4. The number of nitro benzene ring substituents is 1. The summed E-state index contributed by atoms with van der Waals surface area (Å²) in [6, 6.07) is 14.7. The summed E-state index contributed by atoms with van der Waals surface area (Å²) < 4.78 is 19.6. The Morgan fingerprint density at radius 1 is 1.15 bits per heavy atom. The van der Waals surface area contributed by atoms with Gasteiger partial charge in [-0.1, -0.05) is 24.3 Å². The molecule has 0 bridgehead atoms. The van der Waals surface area contributed by atoms with Gasteiger partial charge >= 0.3 is 11.4 Å². The van der Waals surface area contributed by atoms with Gasteiger partial charge in [-0.15, -0.1) is 4.68 Å². The number of hydrogen-bond donors (Lipinski definition) is 1. The second kappa shape index (κ2) is 9.17. The molecule has 1 heterocycles. The molecule has 1 aromatic heterocycles. The molecule has 0 saturated heterocycles. The van der Waals surface area contributed by atoms with E-state index in [0.29, 0.717) is 15.8 Å². The van der Waals surface area contributed by atoms with Crippen molar-refractivity contribution in [3.63, 3.8) is 0 Å². The van der Waals surface area contributed by atoms with Crippen molar-refractivity contribution in [3.05, 3.63) is 113 Å². The van der Waals surface area contributed by atoms with Crippen LogP contribution < -0.4 is 16.0 Å². The molecule has 1 N–H and O–H groups in total. The average molecular weight is 513 g/mol. The van der Waals surface area contributed by atoms with Gasteiger partial charge in [0.05, 0.1) is 26.5 Å². The number of aromatic amines is 1. The van der Waals surface area contributed by atoms with Gasteiger partial charge in [-0.25, -0.2) is 9.18 Å². The molecule has 0 saturated carbocycles. The molecule has 0 aliphatic carbocycles. The molecule has 0 amide bonds. The van der Waals surface area contributed by atoms with E-state index in [1.165, 1.54) is 36.4 Å². The summed E-state index contributed by atoms with van der Waals surface area (Å²) >= 11 is 3.25. The van der Waals surface area contributed by atoms with Gasteiger partial charge < -0.3 is 9.72 Å². The zero-order valence-electron chi connectivity index (χ0n) is 16.7. The number of halogens is 2. The maximum atomic E-state index is 13.1. The van der Waals surface area contributed by atoms with E-state index in [9.17, 15) is 24.1 Å². The van der Waals surface area contributed by atoms with Crippen LogP contribution in [0, 0.1) is 15.9 Å². The lowest BCUT2D eigenvalue weighted by atomic mass is 10.2. The quantitative estimate of drug-likeness (QED) is 0.238. The first-order valence-electron chi connectivity index (χ1n) is 9.47. The molecule has 0 unspecified atom stereocenters. The van der Waals surface area contributed by atoms with Gasteiger partial charge in [-0.3, -0.25) is 14.9 Å². The molecule has 11 heteroatoms. The number of benzene rings is 3. The zero-order valence-corrected chi connectivity index (χ0v) is 18.3. The fourth-order valence-corrected chi connectivity index (χ4v) is 3.65. The number of nitrogens with one attached hydrogen (secondary N) is 1. The molecule has 3 aromatic carbocycles. The molecular formula is C22H14BrFN4O5. The van der Waals surface area contributed by atoms with Gasteiger partial charge in [0.2, 0.25) is 5.75 Å². The van der Waals surface area contributed by atoms with Gasteiger partial charge in [0.25, 0.3) is 5.56 Å². The summed E-state index contributed by atoms with van der Waals surface area (Å²) in [6.45, 7) is -0.0188. The first-order chi connectivity index (χ1) is 15.8. The van der Waals surface area contributed by atoms with Crippen molar-refractivity contribution in [1.29, 1.82) is 0 Å². The summed E-state index contributed by atoms with van der Waals surface area (Å²) in [7, 11) is 0. The highest BCUT2D eigenvalue weighted by Crippen LogP contribution is 2.36. The van der Waals surface area contributed by atoms with Crippen LogP contribution in [0.25, 0.3) is 10.9 Å². The molecule has 0 fully saturated rings. The third-order valence-electron chi connectivity index (χ3n) is 4.65. The summed E-state index contributed by atoms with van der Waals surface area (Å²) in [5.74, 6) is -0.430. The SMILES string of the molecule is O=c1[nH]c2ccccc2c(=O)n1N=Cc1cc(Br)c(OCc2ccc(F)cc2)c([N+](=O)[O-])c1. The minimum Gasteiger partial charge on any atom is -0.481 e. The van der Waals surface area contributed by atoms with Crippen LogP contribution in [0.5, 0.6) is 5.75 Å². The third-order valence-corrected chi connectivity index (χ3v) is 5.23. The number of fused-ring (bicyclic) bond motifs is 1. The van der Waals surface area contributed by atoms with E-state index in [-0.39, 0.29) is 33.5 Å². The number of aromatic nitrogens is 2. The Morgan fingerprint density at radius 3 is 2.61 bits per heavy atom. The highest BCUT2D eigenvalue weighted by atomic mass is 79.9. The second-order valence-corrected chi connectivity index (χ2v) is 7.71. The molecule has 4 aromatic rings. The van der Waals surface area contributed by atoms with Gasteiger partial charge in [0.15, 0.2) is 0 Å². The number of para-hydroxylation sites is 1. The fourth-order valence-electron chi connectivity index (χ4n) is 3.07. The van der Waals surface area contributed by atoms with Crippen LogP contribution in [-0.4, -0.2) is 20.8 Å². The van der Waals surface area contributed by atoms with Crippen molar-refractivity contribution in [2.45, 2.75) is 6.61 Å². The van der Waals surface area contributed by atoms with Gasteiger partial charge in [-0.2, -0.15) is 5.10 Å². The minimum atomic E-state index is -0.747. The molecule has 0 atom stereocenters. The molecule has 0 aliphatic heterocycles. The lowest BCUT2D eigenvalue weighted by Gasteiger charge is -2.10. The Morgan fingerprint density at radius 2 is 1.88 bits per heavy atom. The predicted molar refractivity (Wildman–Crippen MR) is 123 cm³/mol. The summed E-state index contributed by atoms with van der Waals surface area (Å²) in [5.41, 5.74) is -0.478. The molecule has 166 valence electrons. The molecule has 9 nitrogen and oxygen atoms in total. The predicted octanol–water partition coefficient (Wildman–Crippen LogP) is 3.96. The first kappa shape index (κ1) is 22.1. The monoisotopic (exact) mass is 512 g/mol. The first-order valence-corrected chi connectivity index (χ1v) is 10.3. The fraction of sp³-hybridized carbons (Fsp3) is 0.0455. The van der Waals surface area contributed by atoms with Crippen molar-refractivity contribution in [3.8, 4) is 5.75 Å². The van der Waals surface area contributed by atoms with E-state index in [2.05, 4.69) is 26.0 Å². The van der Waals surface area contributed by atoms with Gasteiger partial charge in [-0.05, 0) is 51.8 Å². The highest BCUT2D eigenvalue weighted by Gasteiger charge is 2.20. The van der Waals surface area contributed by atoms with Gasteiger partial charge in [0.1, 0.15) is 12.4 Å². The molecule has 0 spiro atoms. The van der Waals surface area contributed by atoms with Crippen LogP contribution in [0.2, 0.25) is 0 Å². The van der Waals surface area contributed by atoms with Crippen molar-refractivity contribution in [2.24, 2.45) is 5.10 Å². The molecule has 0 radical (unpaired) electrons. The van der Waals surface area contributed by atoms with E-state index in [4.69, 9.17) is 4.74 Å². The Labute approximate surface area is 193 Å². The number of rotatable bonds is 6. The smallest absolute Gasteiger partial charge is 0.349 e. The van der Waals surface area contributed by atoms with Crippen LogP contribution >= 0.6 is 15.9 Å². The summed E-state index contributed by atoms with van der Waals surface area (Å²) in [5, 5.41) is 15.8. The van der Waals surface area contributed by atoms with Crippen LogP contribution in [0.3, 0.4) is 0 Å². The Bertz CT molecular complexity index is 1510. The Hall–Kier alpha value is -4.12. The zero-order chi connectivity index (χ0) is 23.5. The molecule has 4 rings (SSSR count). The normalized spacial score (nSPS) is 11.2. The topological polar surface area (TPSA) is 120 Å². The van der Waals surface area contributed by atoms with E-state index in [1.54, 1.807) is 24.3 Å². The second-order valence-electron chi connectivity index (χ2n) is 6.86. The van der Waals surface area contributed by atoms with Crippen molar-refractivity contribution >= 4 is 38.7 Å². The number of H-pyrrole nitrogens is 1. The minimum absolute atomic E-state index is 0.0188. The van der Waals surface area contributed by atoms with Gasteiger partial charge in [0, 0.05) is 11.6 Å². The molecule has 33 heavy (non-hydrogen) atoms. The number of ether oxygens (including phenoxy) is 1. The Kier molecular flexibility index (Phi) is 6.13. The number of nitro groups is 1. The average Bonchev–Trinajstić information content (AvgIpc) is 2.79. The lowest BCUT2D eigenvalue weighted by molar-refractivity contribution is -0.386. The van der Waals surface area contributed by atoms with Crippen molar-refractivity contribution < 1.29 is 14.1 Å². The van der Waals surface area contributed by atoms with E-state index in [1.807, 2.05) is 0 Å². The van der Waals surface area contributed by atoms with Crippen molar-refractivity contribution in [1.82, 2.24) is 9.66 Å². The lowest BCUT2D eigenvalue weighted by Crippen LogP contribution is -2.32. The highest BCUT2D eigenvalue weighted by molar-refractivity contribution is 9.10. The third kappa shape index (κ3) is 4.72. The van der Waals surface area contributed by atoms with Crippen LogP contribution in [0.4, 0.5) is 10.1 Å². The van der Waals surface area contributed by atoms with E-state index < -0.39 is 22.0 Å². The summed E-state index contributed by atoms with van der Waals surface area (Å²) in [6.07, 6.45) is 1.16. The van der Waals surface area contributed by atoms with Crippen LogP contribution in [0.15, 0.2) is 79.8 Å². The van der Waals surface area contributed by atoms with Crippen LogP contribution in [-0.2, 0) is 6.61 Å². The van der Waals surface area contributed by atoms with Crippen LogP contribution in [0.1, 0.15) is 11.1 Å². The standard InChI is InChI=1S/C22H14BrFN4O5/c23-17-9-14(11-25-27-21(29)16-3-1-2-4-18(16)26-22(27)30)10-19(28(31)32)20(17)33-12-13-5-7-15(24)8-6-13/h1-11H,12H2,(H,26,30). The number of nitrogens with zero attached hydrogens (tertiary/aromatic N) is 3. The molecule has 0 aliphatic rings. The van der Waals surface area contributed by atoms with Crippen molar-refractivity contribution in [2.75, 3.05) is 0 Å². The number of hydrogen-bond acceptors (Lipinski definition) is 6. The molecular weight excluding hydrogens is 499 g/mol. The largest absolute Gasteiger partial charge is 0.481 e. The maximum absolute atomic E-state index is 13.1. The van der Waals surface area contributed by atoms with E-state index in [0.717, 1.165) is 6.21 Å².